The number of pyridine rings is 1. The molecule has 1 amide bonds. The van der Waals surface area contributed by atoms with Gasteiger partial charge < -0.3 is 10.4 Å². The third-order valence-electron chi connectivity index (χ3n) is 3.32. The molecule has 2 N–H and O–H groups in total. The van der Waals surface area contributed by atoms with Crippen LogP contribution < -0.4 is 5.32 Å². The smallest absolute Gasteiger partial charge is 0.253 e. The molecule has 7 heteroatoms. The maximum Gasteiger partial charge on any atom is 0.253 e. The van der Waals surface area contributed by atoms with Crippen LogP contribution in [-0.4, -0.2) is 16.0 Å². The number of aromatic nitrogens is 1. The molecular formula is C16H15ClF2N2O2. The first kappa shape index (κ1) is 17.3. The number of aryl methyl sites for hydroxylation is 1. The van der Waals surface area contributed by atoms with Crippen molar-refractivity contribution in [3.8, 4) is 0 Å². The average Bonchev–Trinajstić information content (AvgIpc) is 2.48. The number of carbonyl (C=O) groups is 1. The molecule has 0 spiro atoms. The number of nitrogens with zero attached hydrogens (tertiary/aromatic N) is 1. The SMILES string of the molecule is Cc1nc(CNC(=O)c2cc(F)c(F)cc2Cl)ccc1[C@@H](C)O. The van der Waals surface area contributed by atoms with Crippen molar-refractivity contribution < 1.29 is 18.7 Å². The Morgan fingerprint density at radius 1 is 1.35 bits per heavy atom. The minimum absolute atomic E-state index is 0.0923. The molecule has 1 heterocycles. The van der Waals surface area contributed by atoms with Gasteiger partial charge in [-0.3, -0.25) is 9.78 Å². The van der Waals surface area contributed by atoms with Gasteiger partial charge >= 0.3 is 0 Å². The lowest BCUT2D eigenvalue weighted by Crippen LogP contribution is -2.24. The van der Waals surface area contributed by atoms with E-state index in [1.807, 2.05) is 0 Å². The molecule has 0 saturated heterocycles. The van der Waals surface area contributed by atoms with Gasteiger partial charge in [-0.2, -0.15) is 0 Å². The molecule has 2 rings (SSSR count). The number of aliphatic hydroxyl groups is 1. The minimum atomic E-state index is -1.14. The second kappa shape index (κ2) is 7.02. The number of hydrogen-bond donors (Lipinski definition) is 2. The highest BCUT2D eigenvalue weighted by atomic mass is 35.5. The molecule has 1 atom stereocenters. The van der Waals surface area contributed by atoms with E-state index in [2.05, 4.69) is 10.3 Å². The van der Waals surface area contributed by atoms with Crippen LogP contribution in [0.25, 0.3) is 0 Å². The summed E-state index contributed by atoms with van der Waals surface area (Å²) in [6, 6.07) is 4.90. The molecule has 0 saturated carbocycles. The van der Waals surface area contributed by atoms with Crippen molar-refractivity contribution in [1.29, 1.82) is 0 Å². The lowest BCUT2D eigenvalue weighted by Gasteiger charge is -2.11. The number of aliphatic hydroxyl groups excluding tert-OH is 1. The normalized spacial score (nSPS) is 12.1. The summed E-state index contributed by atoms with van der Waals surface area (Å²) in [6.45, 7) is 3.48. The Labute approximate surface area is 137 Å². The van der Waals surface area contributed by atoms with Gasteiger partial charge in [-0.15, -0.1) is 0 Å². The summed E-state index contributed by atoms with van der Waals surface area (Å²) in [5.41, 5.74) is 1.77. The molecule has 1 aromatic heterocycles. The Hall–Kier alpha value is -2.05. The summed E-state index contributed by atoms with van der Waals surface area (Å²) in [7, 11) is 0. The molecule has 4 nitrogen and oxygen atoms in total. The number of amides is 1. The molecule has 0 fully saturated rings. The molecule has 0 radical (unpaired) electrons. The number of carbonyl (C=O) groups excluding carboxylic acids is 1. The highest BCUT2D eigenvalue weighted by Gasteiger charge is 2.15. The van der Waals surface area contributed by atoms with Crippen molar-refractivity contribution in [2.24, 2.45) is 0 Å². The second-order valence-electron chi connectivity index (χ2n) is 5.08. The maximum atomic E-state index is 13.2. The fraction of sp³-hybridized carbons (Fsp3) is 0.250. The van der Waals surface area contributed by atoms with E-state index in [0.717, 1.165) is 12.1 Å². The van der Waals surface area contributed by atoms with Gasteiger partial charge in [0.1, 0.15) is 0 Å². The summed E-state index contributed by atoms with van der Waals surface area (Å²) >= 11 is 5.75. The highest BCUT2D eigenvalue weighted by molar-refractivity contribution is 6.33. The van der Waals surface area contributed by atoms with E-state index in [1.165, 1.54) is 0 Å². The van der Waals surface area contributed by atoms with Crippen molar-refractivity contribution in [2.75, 3.05) is 0 Å². The molecule has 122 valence electrons. The van der Waals surface area contributed by atoms with Crippen LogP contribution in [0.1, 0.15) is 40.3 Å². The van der Waals surface area contributed by atoms with Gasteiger partial charge in [-0.1, -0.05) is 17.7 Å². The zero-order valence-electron chi connectivity index (χ0n) is 12.5. The van der Waals surface area contributed by atoms with Crippen molar-refractivity contribution in [1.82, 2.24) is 10.3 Å². The van der Waals surface area contributed by atoms with Crippen LogP contribution in [0.2, 0.25) is 5.02 Å². The quantitative estimate of drug-likeness (QED) is 0.839. The first-order chi connectivity index (χ1) is 10.8. The summed E-state index contributed by atoms with van der Waals surface area (Å²) in [5.74, 6) is -2.89. The van der Waals surface area contributed by atoms with Gasteiger partial charge in [-0.05, 0) is 32.0 Å². The summed E-state index contributed by atoms with van der Waals surface area (Å²) < 4.78 is 26.2. The van der Waals surface area contributed by atoms with Crippen molar-refractivity contribution in [2.45, 2.75) is 26.5 Å². The van der Waals surface area contributed by atoms with E-state index in [1.54, 1.807) is 26.0 Å². The van der Waals surface area contributed by atoms with E-state index in [4.69, 9.17) is 11.6 Å². The van der Waals surface area contributed by atoms with Gasteiger partial charge in [0.25, 0.3) is 5.91 Å². The third-order valence-corrected chi connectivity index (χ3v) is 3.63. The van der Waals surface area contributed by atoms with E-state index >= 15 is 0 Å². The van der Waals surface area contributed by atoms with E-state index in [0.29, 0.717) is 17.0 Å². The Morgan fingerprint density at radius 3 is 2.61 bits per heavy atom. The number of nitrogens with one attached hydrogen (secondary N) is 1. The molecule has 1 aromatic carbocycles. The summed E-state index contributed by atoms with van der Waals surface area (Å²) in [6.07, 6.45) is -0.632. The van der Waals surface area contributed by atoms with Crippen LogP contribution in [0.3, 0.4) is 0 Å². The fourth-order valence-corrected chi connectivity index (χ4v) is 2.36. The first-order valence-corrected chi connectivity index (χ1v) is 7.24. The van der Waals surface area contributed by atoms with Crippen LogP contribution >= 0.6 is 11.6 Å². The topological polar surface area (TPSA) is 62.2 Å². The predicted molar refractivity (Wildman–Crippen MR) is 82.1 cm³/mol. The van der Waals surface area contributed by atoms with Crippen LogP contribution in [0, 0.1) is 18.6 Å². The van der Waals surface area contributed by atoms with Gasteiger partial charge in [0.05, 0.1) is 28.9 Å². The minimum Gasteiger partial charge on any atom is -0.389 e. The number of hydrogen-bond acceptors (Lipinski definition) is 3. The van der Waals surface area contributed by atoms with Crippen LogP contribution in [0.5, 0.6) is 0 Å². The second-order valence-corrected chi connectivity index (χ2v) is 5.49. The molecule has 23 heavy (non-hydrogen) atoms. The van der Waals surface area contributed by atoms with E-state index in [-0.39, 0.29) is 17.1 Å². The molecule has 0 aliphatic carbocycles. The Kier molecular flexibility index (Phi) is 5.28. The van der Waals surface area contributed by atoms with E-state index in [9.17, 15) is 18.7 Å². The van der Waals surface area contributed by atoms with Crippen molar-refractivity contribution in [3.05, 3.63) is 63.4 Å². The third kappa shape index (κ3) is 4.03. The lowest BCUT2D eigenvalue weighted by atomic mass is 10.1. The van der Waals surface area contributed by atoms with Gasteiger partial charge in [-0.25, -0.2) is 8.78 Å². The Balaban J connectivity index is 2.11. The molecule has 0 unspecified atom stereocenters. The first-order valence-electron chi connectivity index (χ1n) is 6.86. The van der Waals surface area contributed by atoms with Gasteiger partial charge in [0, 0.05) is 11.3 Å². The molecule has 0 bridgehead atoms. The molecule has 0 aliphatic rings. The zero-order valence-corrected chi connectivity index (χ0v) is 13.3. The largest absolute Gasteiger partial charge is 0.389 e. The Morgan fingerprint density at radius 2 is 2.00 bits per heavy atom. The van der Waals surface area contributed by atoms with Gasteiger partial charge in [0.15, 0.2) is 11.6 Å². The Bertz CT molecular complexity index is 751. The van der Waals surface area contributed by atoms with Crippen molar-refractivity contribution in [3.63, 3.8) is 0 Å². The number of rotatable bonds is 4. The molecule has 2 aromatic rings. The average molecular weight is 341 g/mol. The maximum absolute atomic E-state index is 13.2. The zero-order chi connectivity index (χ0) is 17.1. The number of halogens is 3. The fourth-order valence-electron chi connectivity index (χ4n) is 2.13. The van der Waals surface area contributed by atoms with Crippen molar-refractivity contribution >= 4 is 17.5 Å². The predicted octanol–water partition coefficient (Wildman–Crippen LogP) is 3.30. The highest BCUT2D eigenvalue weighted by Crippen LogP contribution is 2.20. The van der Waals surface area contributed by atoms with Gasteiger partial charge in [0.2, 0.25) is 0 Å². The van der Waals surface area contributed by atoms with Crippen LogP contribution in [-0.2, 0) is 6.54 Å². The van der Waals surface area contributed by atoms with Crippen LogP contribution in [0.4, 0.5) is 8.78 Å². The lowest BCUT2D eigenvalue weighted by molar-refractivity contribution is 0.0950. The van der Waals surface area contributed by atoms with Crippen LogP contribution in [0.15, 0.2) is 24.3 Å². The summed E-state index contributed by atoms with van der Waals surface area (Å²) in [5, 5.41) is 11.9. The molecule has 0 aliphatic heterocycles. The monoisotopic (exact) mass is 340 g/mol. The number of benzene rings is 1. The standard InChI is InChI=1S/C16H15ClF2N2O2/c1-8-11(9(2)22)4-3-10(21-8)7-20-16(23)12-5-14(18)15(19)6-13(12)17/h3-6,9,22H,7H2,1-2H3,(H,20,23)/t9-/m1/s1. The van der Waals surface area contributed by atoms with E-state index < -0.39 is 23.6 Å². The summed E-state index contributed by atoms with van der Waals surface area (Å²) in [4.78, 5) is 16.3. The molecular weight excluding hydrogens is 326 g/mol.